The van der Waals surface area contributed by atoms with E-state index in [1.165, 1.54) is 18.4 Å². The monoisotopic (exact) mass is 358 g/mol. The molecule has 142 valence electrons. The summed E-state index contributed by atoms with van der Waals surface area (Å²) in [4.78, 5) is 24.3. The number of nitrogens with zero attached hydrogens (tertiary/aromatic N) is 3. The standard InChI is InChI=1S/C20H30N4O2/c1-14-21-18-9-13-26-12-8-17(18)19(22-14)24-10-6-15(7-11-24)20(25)23-16-4-2-3-5-16/h15-16H,2-13H2,1H3,(H,23,25). The minimum atomic E-state index is 0.150. The molecule has 2 aliphatic heterocycles. The fraction of sp³-hybridized carbons (Fsp3) is 0.750. The van der Waals surface area contributed by atoms with E-state index in [1.807, 2.05) is 6.92 Å². The van der Waals surface area contributed by atoms with E-state index in [4.69, 9.17) is 9.72 Å². The van der Waals surface area contributed by atoms with Crippen molar-refractivity contribution in [1.29, 1.82) is 0 Å². The lowest BCUT2D eigenvalue weighted by Crippen LogP contribution is -2.43. The lowest BCUT2D eigenvalue weighted by Gasteiger charge is -2.34. The number of anilines is 1. The van der Waals surface area contributed by atoms with Gasteiger partial charge in [-0.3, -0.25) is 4.79 Å². The Morgan fingerprint density at radius 1 is 1.08 bits per heavy atom. The molecule has 6 nitrogen and oxygen atoms in total. The van der Waals surface area contributed by atoms with Crippen molar-refractivity contribution in [3.63, 3.8) is 0 Å². The van der Waals surface area contributed by atoms with Crippen LogP contribution in [0.15, 0.2) is 0 Å². The zero-order valence-electron chi connectivity index (χ0n) is 15.8. The van der Waals surface area contributed by atoms with Gasteiger partial charge in [0.05, 0.1) is 18.9 Å². The quantitative estimate of drug-likeness (QED) is 0.897. The molecule has 1 saturated carbocycles. The normalized spacial score (nSPS) is 22.1. The van der Waals surface area contributed by atoms with Gasteiger partial charge in [0.15, 0.2) is 0 Å². The maximum absolute atomic E-state index is 12.6. The summed E-state index contributed by atoms with van der Waals surface area (Å²) in [5, 5.41) is 3.27. The van der Waals surface area contributed by atoms with E-state index < -0.39 is 0 Å². The Labute approximate surface area is 155 Å². The topological polar surface area (TPSA) is 67.4 Å². The number of carbonyl (C=O) groups excluding carboxylic acids is 1. The number of aryl methyl sites for hydroxylation is 1. The Kier molecular flexibility index (Phi) is 5.38. The SMILES string of the molecule is Cc1nc2c(c(N3CCC(C(=O)NC4CCCC4)CC3)n1)CCOCC2. The minimum Gasteiger partial charge on any atom is -0.381 e. The minimum absolute atomic E-state index is 0.150. The molecule has 1 N–H and O–H groups in total. The van der Waals surface area contributed by atoms with Crippen LogP contribution in [0.4, 0.5) is 5.82 Å². The number of piperidine rings is 1. The van der Waals surface area contributed by atoms with E-state index in [0.29, 0.717) is 6.04 Å². The predicted molar refractivity (Wildman–Crippen MR) is 100 cm³/mol. The summed E-state index contributed by atoms with van der Waals surface area (Å²) in [5.74, 6) is 2.33. The van der Waals surface area contributed by atoms with E-state index in [9.17, 15) is 4.79 Å². The molecule has 1 aromatic heterocycles. The first kappa shape index (κ1) is 17.7. The largest absolute Gasteiger partial charge is 0.381 e. The van der Waals surface area contributed by atoms with Gasteiger partial charge >= 0.3 is 0 Å². The fourth-order valence-corrected chi connectivity index (χ4v) is 4.55. The van der Waals surface area contributed by atoms with Crippen LogP contribution in [0.25, 0.3) is 0 Å². The summed E-state index contributed by atoms with van der Waals surface area (Å²) in [6.07, 6.45) is 8.38. The third-order valence-corrected chi connectivity index (χ3v) is 6.03. The number of ether oxygens (including phenoxy) is 1. The number of nitrogens with one attached hydrogen (secondary N) is 1. The van der Waals surface area contributed by atoms with Crippen LogP contribution in [-0.2, 0) is 22.4 Å². The number of hydrogen-bond donors (Lipinski definition) is 1. The van der Waals surface area contributed by atoms with Crippen molar-refractivity contribution in [3.8, 4) is 0 Å². The number of amides is 1. The first-order valence-corrected chi connectivity index (χ1v) is 10.2. The van der Waals surface area contributed by atoms with Gasteiger partial charge in [0, 0.05) is 43.5 Å². The average molecular weight is 358 g/mol. The summed E-state index contributed by atoms with van der Waals surface area (Å²) in [5.41, 5.74) is 2.40. The molecule has 26 heavy (non-hydrogen) atoms. The second-order valence-corrected chi connectivity index (χ2v) is 7.88. The van der Waals surface area contributed by atoms with Gasteiger partial charge in [-0.05, 0) is 32.6 Å². The number of rotatable bonds is 3. The molecule has 0 bridgehead atoms. The molecule has 4 rings (SSSR count). The van der Waals surface area contributed by atoms with Gasteiger partial charge in [0.2, 0.25) is 5.91 Å². The second kappa shape index (κ2) is 7.91. The van der Waals surface area contributed by atoms with Crippen molar-refractivity contribution in [3.05, 3.63) is 17.1 Å². The van der Waals surface area contributed by atoms with Crippen LogP contribution in [0.5, 0.6) is 0 Å². The van der Waals surface area contributed by atoms with Crippen LogP contribution in [0.2, 0.25) is 0 Å². The molecule has 1 aliphatic carbocycles. The molecule has 0 radical (unpaired) electrons. The first-order chi connectivity index (χ1) is 12.7. The molecule has 6 heteroatoms. The molecule has 1 saturated heterocycles. The Morgan fingerprint density at radius 2 is 1.81 bits per heavy atom. The van der Waals surface area contributed by atoms with Gasteiger partial charge < -0.3 is 15.0 Å². The van der Waals surface area contributed by atoms with Crippen molar-refractivity contribution >= 4 is 11.7 Å². The van der Waals surface area contributed by atoms with E-state index in [1.54, 1.807) is 0 Å². The summed E-state index contributed by atoms with van der Waals surface area (Å²) in [6, 6.07) is 0.417. The Balaban J connectivity index is 1.41. The highest BCUT2D eigenvalue weighted by atomic mass is 16.5. The van der Waals surface area contributed by atoms with E-state index >= 15 is 0 Å². The number of aromatic nitrogens is 2. The van der Waals surface area contributed by atoms with Crippen molar-refractivity contribution in [2.24, 2.45) is 5.92 Å². The van der Waals surface area contributed by atoms with Crippen LogP contribution in [0.1, 0.15) is 55.6 Å². The maximum atomic E-state index is 12.6. The summed E-state index contributed by atoms with van der Waals surface area (Å²) in [6.45, 7) is 5.25. The molecule has 3 aliphatic rings. The highest BCUT2D eigenvalue weighted by Crippen LogP contribution is 2.29. The van der Waals surface area contributed by atoms with Crippen LogP contribution >= 0.6 is 0 Å². The summed E-state index contributed by atoms with van der Waals surface area (Å²) < 4.78 is 5.63. The smallest absolute Gasteiger partial charge is 0.223 e. The van der Waals surface area contributed by atoms with Crippen LogP contribution in [0.3, 0.4) is 0 Å². The van der Waals surface area contributed by atoms with Crippen molar-refractivity contribution < 1.29 is 9.53 Å². The van der Waals surface area contributed by atoms with E-state index in [0.717, 1.165) is 82.2 Å². The zero-order valence-corrected chi connectivity index (χ0v) is 15.8. The number of carbonyl (C=O) groups is 1. The highest BCUT2D eigenvalue weighted by Gasteiger charge is 2.29. The molecule has 0 aromatic carbocycles. The molecular formula is C20H30N4O2. The lowest BCUT2D eigenvalue weighted by atomic mass is 9.95. The third-order valence-electron chi connectivity index (χ3n) is 6.03. The molecule has 2 fully saturated rings. The van der Waals surface area contributed by atoms with E-state index in [2.05, 4.69) is 15.2 Å². The zero-order chi connectivity index (χ0) is 17.9. The van der Waals surface area contributed by atoms with E-state index in [-0.39, 0.29) is 11.8 Å². The Bertz CT molecular complexity index is 649. The van der Waals surface area contributed by atoms with Crippen LogP contribution in [-0.4, -0.2) is 48.2 Å². The second-order valence-electron chi connectivity index (χ2n) is 7.88. The van der Waals surface area contributed by atoms with Crippen LogP contribution in [0, 0.1) is 12.8 Å². The van der Waals surface area contributed by atoms with Gasteiger partial charge in [-0.2, -0.15) is 0 Å². The summed E-state index contributed by atoms with van der Waals surface area (Å²) >= 11 is 0. The average Bonchev–Trinajstić information content (AvgIpc) is 3.04. The maximum Gasteiger partial charge on any atom is 0.223 e. The van der Waals surface area contributed by atoms with Crippen molar-refractivity contribution in [2.75, 3.05) is 31.2 Å². The van der Waals surface area contributed by atoms with Crippen molar-refractivity contribution in [2.45, 2.75) is 64.3 Å². The molecule has 3 heterocycles. The molecule has 0 unspecified atom stereocenters. The van der Waals surface area contributed by atoms with Gasteiger partial charge in [-0.15, -0.1) is 0 Å². The molecule has 1 aromatic rings. The third kappa shape index (κ3) is 3.85. The predicted octanol–water partition coefficient (Wildman–Crippen LogP) is 2.18. The fourth-order valence-electron chi connectivity index (χ4n) is 4.55. The number of fused-ring (bicyclic) bond motifs is 1. The molecule has 0 atom stereocenters. The van der Waals surface area contributed by atoms with Gasteiger partial charge in [0.1, 0.15) is 11.6 Å². The first-order valence-electron chi connectivity index (χ1n) is 10.2. The van der Waals surface area contributed by atoms with Gasteiger partial charge in [-0.1, -0.05) is 12.8 Å². The molecular weight excluding hydrogens is 328 g/mol. The molecule has 0 spiro atoms. The van der Waals surface area contributed by atoms with Gasteiger partial charge in [0.25, 0.3) is 0 Å². The number of hydrogen-bond acceptors (Lipinski definition) is 5. The van der Waals surface area contributed by atoms with Crippen molar-refractivity contribution in [1.82, 2.24) is 15.3 Å². The Hall–Kier alpha value is -1.69. The summed E-state index contributed by atoms with van der Waals surface area (Å²) in [7, 11) is 0. The Morgan fingerprint density at radius 3 is 2.58 bits per heavy atom. The lowest BCUT2D eigenvalue weighted by molar-refractivity contribution is -0.126. The highest BCUT2D eigenvalue weighted by molar-refractivity contribution is 5.79. The van der Waals surface area contributed by atoms with Crippen LogP contribution < -0.4 is 10.2 Å². The molecule has 1 amide bonds. The van der Waals surface area contributed by atoms with Gasteiger partial charge in [-0.25, -0.2) is 9.97 Å².